The highest BCUT2D eigenvalue weighted by Gasteiger charge is 2.22. The summed E-state index contributed by atoms with van der Waals surface area (Å²) in [6.07, 6.45) is 4.96. The van der Waals surface area contributed by atoms with Gasteiger partial charge in [-0.1, -0.05) is 12.5 Å². The number of benzene rings is 1. The molecule has 0 N–H and O–H groups in total. The lowest BCUT2D eigenvalue weighted by Gasteiger charge is -2.20. The number of carbonyl (C=O) groups is 1. The third-order valence-corrected chi connectivity index (χ3v) is 3.51. The van der Waals surface area contributed by atoms with Crippen LogP contribution >= 0.6 is 0 Å². The maximum absolute atomic E-state index is 11.8. The van der Waals surface area contributed by atoms with Crippen LogP contribution < -0.4 is 4.74 Å². The van der Waals surface area contributed by atoms with E-state index in [9.17, 15) is 4.79 Å². The number of rotatable bonds is 3. The predicted molar refractivity (Wildman–Crippen MR) is 68.4 cm³/mol. The Kier molecular flexibility index (Phi) is 3.82. The molecule has 0 amide bonds. The minimum atomic E-state index is 0.232. The number of methoxy groups -OCH3 is 1. The van der Waals surface area contributed by atoms with E-state index in [0.29, 0.717) is 5.78 Å². The first-order valence-corrected chi connectivity index (χ1v) is 6.36. The number of carbonyl (C=O) groups excluding carboxylic acids is 1. The van der Waals surface area contributed by atoms with Crippen LogP contribution in [0.3, 0.4) is 0 Å². The Morgan fingerprint density at radius 1 is 1.29 bits per heavy atom. The normalized spacial score (nSPS) is 20.4. The molecule has 0 radical (unpaired) electrons. The lowest BCUT2D eigenvalue weighted by Crippen LogP contribution is -2.21. The molecule has 1 aliphatic rings. The Balaban J connectivity index is 2.11. The molecule has 0 heterocycles. The zero-order valence-corrected chi connectivity index (χ0v) is 10.7. The zero-order valence-electron chi connectivity index (χ0n) is 10.7. The number of hydrogen-bond donors (Lipinski definition) is 0. The van der Waals surface area contributed by atoms with E-state index in [2.05, 4.69) is 19.1 Å². The van der Waals surface area contributed by atoms with Crippen LogP contribution in [-0.4, -0.2) is 12.9 Å². The Morgan fingerprint density at radius 3 is 2.82 bits per heavy atom. The smallest absolute Gasteiger partial charge is 0.136 e. The molecule has 1 unspecified atom stereocenters. The van der Waals surface area contributed by atoms with Crippen LogP contribution in [0.5, 0.6) is 5.75 Å². The Labute approximate surface area is 103 Å². The van der Waals surface area contributed by atoms with Gasteiger partial charge in [-0.15, -0.1) is 0 Å². The van der Waals surface area contributed by atoms with Crippen LogP contribution in [0, 0.1) is 12.8 Å². The van der Waals surface area contributed by atoms with Gasteiger partial charge in [0.25, 0.3) is 0 Å². The molecule has 0 saturated heterocycles. The zero-order chi connectivity index (χ0) is 12.3. The molecule has 1 aromatic rings. The largest absolute Gasteiger partial charge is 0.497 e. The van der Waals surface area contributed by atoms with Crippen LogP contribution in [0.1, 0.15) is 36.8 Å². The van der Waals surface area contributed by atoms with Crippen molar-refractivity contribution in [2.75, 3.05) is 7.11 Å². The molecule has 17 heavy (non-hydrogen) atoms. The first-order valence-electron chi connectivity index (χ1n) is 6.36. The SMILES string of the molecule is COc1cc(C)cc(CC2CCCCC2=O)c1. The highest BCUT2D eigenvalue weighted by molar-refractivity contribution is 5.81. The van der Waals surface area contributed by atoms with Gasteiger partial charge in [-0.2, -0.15) is 0 Å². The fourth-order valence-corrected chi connectivity index (χ4v) is 2.62. The summed E-state index contributed by atoms with van der Waals surface area (Å²) >= 11 is 0. The van der Waals surface area contributed by atoms with Crippen molar-refractivity contribution in [1.29, 1.82) is 0 Å². The van der Waals surface area contributed by atoms with Crippen molar-refractivity contribution in [3.63, 3.8) is 0 Å². The number of ether oxygens (including phenoxy) is 1. The van der Waals surface area contributed by atoms with E-state index in [0.717, 1.165) is 31.4 Å². The van der Waals surface area contributed by atoms with Gasteiger partial charge in [0.15, 0.2) is 0 Å². The molecule has 1 fully saturated rings. The van der Waals surface area contributed by atoms with Gasteiger partial charge in [0, 0.05) is 12.3 Å². The standard InChI is InChI=1S/C15H20O2/c1-11-7-12(10-14(8-11)17-2)9-13-5-3-4-6-15(13)16/h7-8,10,13H,3-6,9H2,1-2H3. The van der Waals surface area contributed by atoms with Crippen LogP contribution in [0.15, 0.2) is 18.2 Å². The molecule has 92 valence electrons. The molecule has 2 heteroatoms. The van der Waals surface area contributed by atoms with Crippen molar-refractivity contribution in [3.05, 3.63) is 29.3 Å². The fourth-order valence-electron chi connectivity index (χ4n) is 2.62. The lowest BCUT2D eigenvalue weighted by molar-refractivity contribution is -0.124. The van der Waals surface area contributed by atoms with Crippen LogP contribution in [0.2, 0.25) is 0 Å². The Morgan fingerprint density at radius 2 is 2.12 bits per heavy atom. The second-order valence-corrected chi connectivity index (χ2v) is 4.97. The van der Waals surface area contributed by atoms with Crippen molar-refractivity contribution in [3.8, 4) is 5.75 Å². The monoisotopic (exact) mass is 232 g/mol. The minimum Gasteiger partial charge on any atom is -0.497 e. The van der Waals surface area contributed by atoms with Crippen molar-refractivity contribution in [2.24, 2.45) is 5.92 Å². The summed E-state index contributed by atoms with van der Waals surface area (Å²) in [6.45, 7) is 2.06. The van der Waals surface area contributed by atoms with Crippen LogP contribution in [0.4, 0.5) is 0 Å². The first-order chi connectivity index (χ1) is 8.19. The number of Topliss-reactive ketones (excluding diaryl/α,β-unsaturated/α-hetero) is 1. The predicted octanol–water partition coefficient (Wildman–Crippen LogP) is 3.31. The summed E-state index contributed by atoms with van der Waals surface area (Å²) < 4.78 is 5.27. The van der Waals surface area contributed by atoms with E-state index in [1.165, 1.54) is 17.5 Å². The molecule has 1 atom stereocenters. The first kappa shape index (κ1) is 12.2. The third-order valence-electron chi connectivity index (χ3n) is 3.51. The van der Waals surface area contributed by atoms with E-state index in [4.69, 9.17) is 4.74 Å². The molecule has 0 aliphatic heterocycles. The quantitative estimate of drug-likeness (QED) is 0.799. The summed E-state index contributed by atoms with van der Waals surface area (Å²) in [5.41, 5.74) is 2.42. The van der Waals surface area contributed by atoms with Gasteiger partial charge in [0.05, 0.1) is 7.11 Å². The van der Waals surface area contributed by atoms with Gasteiger partial charge in [-0.3, -0.25) is 4.79 Å². The van der Waals surface area contributed by atoms with Crippen molar-refractivity contribution >= 4 is 5.78 Å². The summed E-state index contributed by atoms with van der Waals surface area (Å²) in [6, 6.07) is 6.23. The Bertz CT molecular complexity index is 409. The van der Waals surface area contributed by atoms with E-state index < -0.39 is 0 Å². The van der Waals surface area contributed by atoms with Gasteiger partial charge >= 0.3 is 0 Å². The summed E-state index contributed by atoms with van der Waals surface area (Å²) in [7, 11) is 1.68. The van der Waals surface area contributed by atoms with E-state index in [-0.39, 0.29) is 5.92 Å². The van der Waals surface area contributed by atoms with Gasteiger partial charge in [0.2, 0.25) is 0 Å². The molecular weight excluding hydrogens is 212 g/mol. The van der Waals surface area contributed by atoms with Gasteiger partial charge in [0.1, 0.15) is 11.5 Å². The van der Waals surface area contributed by atoms with Crippen molar-refractivity contribution in [2.45, 2.75) is 39.0 Å². The maximum Gasteiger partial charge on any atom is 0.136 e. The highest BCUT2D eigenvalue weighted by Crippen LogP contribution is 2.26. The maximum atomic E-state index is 11.8. The number of ketones is 1. The molecule has 1 aliphatic carbocycles. The minimum absolute atomic E-state index is 0.232. The number of aryl methyl sites for hydroxylation is 1. The third kappa shape index (κ3) is 3.09. The van der Waals surface area contributed by atoms with Gasteiger partial charge in [-0.05, 0) is 49.4 Å². The van der Waals surface area contributed by atoms with Gasteiger partial charge in [-0.25, -0.2) is 0 Å². The molecule has 0 spiro atoms. The van der Waals surface area contributed by atoms with E-state index in [1.807, 2.05) is 6.07 Å². The van der Waals surface area contributed by atoms with Crippen LogP contribution in [-0.2, 0) is 11.2 Å². The molecule has 0 aromatic heterocycles. The second kappa shape index (κ2) is 5.35. The average molecular weight is 232 g/mol. The fraction of sp³-hybridized carbons (Fsp3) is 0.533. The molecule has 2 nitrogen and oxygen atoms in total. The van der Waals surface area contributed by atoms with E-state index >= 15 is 0 Å². The summed E-state index contributed by atoms with van der Waals surface area (Å²) in [5, 5.41) is 0. The molecular formula is C15H20O2. The summed E-state index contributed by atoms with van der Waals surface area (Å²) in [5.74, 6) is 1.57. The molecule has 2 rings (SSSR count). The van der Waals surface area contributed by atoms with E-state index in [1.54, 1.807) is 7.11 Å². The molecule has 1 saturated carbocycles. The number of hydrogen-bond acceptors (Lipinski definition) is 2. The van der Waals surface area contributed by atoms with Crippen LogP contribution in [0.25, 0.3) is 0 Å². The summed E-state index contributed by atoms with van der Waals surface area (Å²) in [4.78, 5) is 11.8. The Hall–Kier alpha value is -1.31. The molecule has 0 bridgehead atoms. The highest BCUT2D eigenvalue weighted by atomic mass is 16.5. The average Bonchev–Trinajstić information content (AvgIpc) is 2.31. The van der Waals surface area contributed by atoms with Crippen molar-refractivity contribution < 1.29 is 9.53 Å². The van der Waals surface area contributed by atoms with Gasteiger partial charge < -0.3 is 4.74 Å². The molecule has 1 aromatic carbocycles. The van der Waals surface area contributed by atoms with Crippen molar-refractivity contribution in [1.82, 2.24) is 0 Å². The lowest BCUT2D eigenvalue weighted by atomic mass is 9.83. The second-order valence-electron chi connectivity index (χ2n) is 4.97. The topological polar surface area (TPSA) is 26.3 Å².